The van der Waals surface area contributed by atoms with Crippen molar-refractivity contribution >= 4 is 0 Å². The summed E-state index contributed by atoms with van der Waals surface area (Å²) in [6.07, 6.45) is 8.38. The van der Waals surface area contributed by atoms with Gasteiger partial charge in [0.25, 0.3) is 0 Å². The fraction of sp³-hybridized carbons (Fsp3) is 1.00. The first kappa shape index (κ1) is 15.0. The highest BCUT2D eigenvalue weighted by atomic mass is 15.1. The Morgan fingerprint density at radius 1 is 1.18 bits per heavy atom. The molecule has 0 bridgehead atoms. The minimum atomic E-state index is 0.782. The predicted octanol–water partition coefficient (Wildman–Crippen LogP) is 3.28. The molecule has 102 valence electrons. The van der Waals surface area contributed by atoms with Crippen LogP contribution in [0, 0.1) is 5.92 Å². The Morgan fingerprint density at radius 2 is 2.00 bits per heavy atom. The normalized spacial score (nSPS) is 22.2. The highest BCUT2D eigenvalue weighted by Crippen LogP contribution is 2.16. The average molecular weight is 240 g/mol. The molecule has 1 aliphatic heterocycles. The third-order valence-corrected chi connectivity index (χ3v) is 3.79. The van der Waals surface area contributed by atoms with Gasteiger partial charge in [-0.15, -0.1) is 0 Å². The zero-order valence-electron chi connectivity index (χ0n) is 12.2. The summed E-state index contributed by atoms with van der Waals surface area (Å²) < 4.78 is 0. The molecule has 1 fully saturated rings. The van der Waals surface area contributed by atoms with Gasteiger partial charge in [-0.05, 0) is 64.7 Å². The van der Waals surface area contributed by atoms with Gasteiger partial charge >= 0.3 is 0 Å². The van der Waals surface area contributed by atoms with Crippen LogP contribution in [0.1, 0.15) is 59.3 Å². The monoisotopic (exact) mass is 240 g/mol. The Hall–Kier alpha value is -0.0800. The largest absolute Gasteiger partial charge is 0.316 e. The SMILES string of the molecule is CC(C)CNCCCCCN1CCCCC1C. The zero-order chi connectivity index (χ0) is 12.5. The van der Waals surface area contributed by atoms with Crippen LogP contribution < -0.4 is 5.32 Å². The van der Waals surface area contributed by atoms with Gasteiger partial charge in [-0.1, -0.05) is 26.7 Å². The second-order valence-corrected chi connectivity index (χ2v) is 6.04. The average Bonchev–Trinajstić information content (AvgIpc) is 2.30. The van der Waals surface area contributed by atoms with Crippen molar-refractivity contribution in [1.29, 1.82) is 0 Å². The van der Waals surface area contributed by atoms with Crippen LogP contribution in [-0.4, -0.2) is 37.1 Å². The van der Waals surface area contributed by atoms with Crippen molar-refractivity contribution < 1.29 is 0 Å². The van der Waals surface area contributed by atoms with E-state index in [-0.39, 0.29) is 0 Å². The van der Waals surface area contributed by atoms with Crippen LogP contribution in [0.25, 0.3) is 0 Å². The van der Waals surface area contributed by atoms with Gasteiger partial charge in [-0.25, -0.2) is 0 Å². The number of likely N-dealkylation sites (tertiary alicyclic amines) is 1. The molecular weight excluding hydrogens is 208 g/mol. The first-order valence-corrected chi connectivity index (χ1v) is 7.65. The van der Waals surface area contributed by atoms with Gasteiger partial charge in [0.1, 0.15) is 0 Å². The van der Waals surface area contributed by atoms with Gasteiger partial charge in [0.15, 0.2) is 0 Å². The van der Waals surface area contributed by atoms with E-state index in [9.17, 15) is 0 Å². The van der Waals surface area contributed by atoms with E-state index in [1.54, 1.807) is 0 Å². The number of hydrogen-bond acceptors (Lipinski definition) is 2. The molecule has 0 amide bonds. The van der Waals surface area contributed by atoms with Gasteiger partial charge in [-0.2, -0.15) is 0 Å². The topological polar surface area (TPSA) is 15.3 Å². The Balaban J connectivity index is 1.89. The minimum Gasteiger partial charge on any atom is -0.316 e. The maximum Gasteiger partial charge on any atom is 0.00669 e. The van der Waals surface area contributed by atoms with Gasteiger partial charge < -0.3 is 10.2 Å². The van der Waals surface area contributed by atoms with Crippen molar-refractivity contribution in [1.82, 2.24) is 10.2 Å². The third-order valence-electron chi connectivity index (χ3n) is 3.79. The molecule has 1 saturated heterocycles. The molecule has 1 unspecified atom stereocenters. The molecule has 0 aromatic carbocycles. The van der Waals surface area contributed by atoms with Gasteiger partial charge in [0, 0.05) is 6.04 Å². The summed E-state index contributed by atoms with van der Waals surface area (Å²) in [6, 6.07) is 0.836. The minimum absolute atomic E-state index is 0.782. The maximum absolute atomic E-state index is 3.52. The van der Waals surface area contributed by atoms with Gasteiger partial charge in [0.2, 0.25) is 0 Å². The Labute approximate surface area is 108 Å². The molecular formula is C15H32N2. The summed E-state index contributed by atoms with van der Waals surface area (Å²) in [5, 5.41) is 3.52. The van der Waals surface area contributed by atoms with E-state index >= 15 is 0 Å². The van der Waals surface area contributed by atoms with Crippen LogP contribution in [0.5, 0.6) is 0 Å². The second-order valence-electron chi connectivity index (χ2n) is 6.04. The van der Waals surface area contributed by atoms with Crippen LogP contribution >= 0.6 is 0 Å². The number of nitrogens with one attached hydrogen (secondary N) is 1. The Kier molecular flexibility index (Phi) is 7.87. The summed E-state index contributed by atoms with van der Waals surface area (Å²) in [7, 11) is 0. The molecule has 0 aliphatic carbocycles. The lowest BCUT2D eigenvalue weighted by Crippen LogP contribution is -2.38. The number of piperidine rings is 1. The lowest BCUT2D eigenvalue weighted by atomic mass is 10.0. The number of rotatable bonds is 8. The van der Waals surface area contributed by atoms with Crippen molar-refractivity contribution in [2.75, 3.05) is 26.2 Å². The van der Waals surface area contributed by atoms with Crippen LogP contribution in [0.15, 0.2) is 0 Å². The molecule has 1 atom stereocenters. The van der Waals surface area contributed by atoms with Gasteiger partial charge in [0.05, 0.1) is 0 Å². The van der Waals surface area contributed by atoms with E-state index in [1.807, 2.05) is 0 Å². The fourth-order valence-electron chi connectivity index (χ4n) is 2.62. The molecule has 2 nitrogen and oxygen atoms in total. The maximum atomic E-state index is 3.52. The van der Waals surface area contributed by atoms with E-state index in [0.717, 1.165) is 12.0 Å². The van der Waals surface area contributed by atoms with E-state index in [4.69, 9.17) is 0 Å². The standard InChI is InChI=1S/C15H32N2/c1-14(2)13-16-10-6-4-7-11-17-12-8-5-9-15(17)3/h14-16H,4-13H2,1-3H3. The van der Waals surface area contributed by atoms with E-state index in [2.05, 4.69) is 31.0 Å². The van der Waals surface area contributed by atoms with Crippen LogP contribution in [0.4, 0.5) is 0 Å². The molecule has 2 heteroatoms. The summed E-state index contributed by atoms with van der Waals surface area (Å²) in [5.41, 5.74) is 0. The van der Waals surface area contributed by atoms with Crippen LogP contribution in [0.2, 0.25) is 0 Å². The van der Waals surface area contributed by atoms with Crippen molar-refractivity contribution in [2.45, 2.75) is 65.3 Å². The molecule has 17 heavy (non-hydrogen) atoms. The first-order valence-electron chi connectivity index (χ1n) is 7.65. The van der Waals surface area contributed by atoms with Crippen LogP contribution in [-0.2, 0) is 0 Å². The Morgan fingerprint density at radius 3 is 2.71 bits per heavy atom. The summed E-state index contributed by atoms with van der Waals surface area (Å²) in [4.78, 5) is 2.69. The summed E-state index contributed by atoms with van der Waals surface area (Å²) in [6.45, 7) is 12.0. The highest BCUT2D eigenvalue weighted by molar-refractivity contribution is 4.72. The summed E-state index contributed by atoms with van der Waals surface area (Å²) in [5.74, 6) is 0.782. The van der Waals surface area contributed by atoms with Crippen molar-refractivity contribution in [3.63, 3.8) is 0 Å². The molecule has 0 radical (unpaired) electrons. The smallest absolute Gasteiger partial charge is 0.00669 e. The molecule has 1 N–H and O–H groups in total. The third kappa shape index (κ3) is 7.05. The lowest BCUT2D eigenvalue weighted by Gasteiger charge is -2.33. The van der Waals surface area contributed by atoms with Crippen molar-refractivity contribution in [3.05, 3.63) is 0 Å². The molecule has 0 aromatic rings. The molecule has 1 rings (SSSR count). The van der Waals surface area contributed by atoms with Crippen LogP contribution in [0.3, 0.4) is 0 Å². The van der Waals surface area contributed by atoms with E-state index < -0.39 is 0 Å². The fourth-order valence-corrected chi connectivity index (χ4v) is 2.62. The number of hydrogen-bond donors (Lipinski definition) is 1. The van der Waals surface area contributed by atoms with E-state index in [0.29, 0.717) is 0 Å². The molecule has 0 aromatic heterocycles. The predicted molar refractivity (Wildman–Crippen MR) is 76.4 cm³/mol. The van der Waals surface area contributed by atoms with Crippen molar-refractivity contribution in [3.8, 4) is 0 Å². The summed E-state index contributed by atoms with van der Waals surface area (Å²) >= 11 is 0. The molecule has 1 aliphatic rings. The van der Waals surface area contributed by atoms with Crippen molar-refractivity contribution in [2.24, 2.45) is 5.92 Å². The number of unbranched alkanes of at least 4 members (excludes halogenated alkanes) is 2. The zero-order valence-corrected chi connectivity index (χ0v) is 12.2. The van der Waals surface area contributed by atoms with E-state index in [1.165, 1.54) is 64.7 Å². The Bertz CT molecular complexity index is 180. The quantitative estimate of drug-likeness (QED) is 0.655. The second kappa shape index (κ2) is 8.93. The number of nitrogens with zero attached hydrogens (tertiary/aromatic N) is 1. The molecule has 0 saturated carbocycles. The first-order chi connectivity index (χ1) is 8.20. The molecule has 1 heterocycles. The lowest BCUT2D eigenvalue weighted by molar-refractivity contribution is 0.157. The highest BCUT2D eigenvalue weighted by Gasteiger charge is 2.16. The molecule has 0 spiro atoms. The van der Waals surface area contributed by atoms with Gasteiger partial charge in [-0.3, -0.25) is 0 Å².